The molecular formula is C54H64O6. The van der Waals surface area contributed by atoms with Gasteiger partial charge in [0.15, 0.2) is 0 Å². The van der Waals surface area contributed by atoms with Gasteiger partial charge in [-0.15, -0.1) is 0 Å². The Morgan fingerprint density at radius 1 is 0.433 bits per heavy atom. The van der Waals surface area contributed by atoms with Crippen molar-refractivity contribution in [1.82, 2.24) is 0 Å². The van der Waals surface area contributed by atoms with Gasteiger partial charge in [0.1, 0.15) is 0 Å². The Morgan fingerprint density at radius 2 is 0.850 bits per heavy atom. The second kappa shape index (κ2) is 20.6. The summed E-state index contributed by atoms with van der Waals surface area (Å²) < 4.78 is 34.9. The number of unbranched alkanes of at least 4 members (excludes halogenated alkanes) is 4. The van der Waals surface area contributed by atoms with E-state index < -0.39 is 0 Å². The van der Waals surface area contributed by atoms with E-state index in [4.69, 9.17) is 28.4 Å². The van der Waals surface area contributed by atoms with Crippen LogP contribution in [0.2, 0.25) is 0 Å². The van der Waals surface area contributed by atoms with Crippen LogP contribution in [0.5, 0.6) is 0 Å². The van der Waals surface area contributed by atoms with E-state index >= 15 is 0 Å². The van der Waals surface area contributed by atoms with Crippen LogP contribution in [0.1, 0.15) is 76.3 Å². The predicted molar refractivity (Wildman–Crippen MR) is 246 cm³/mol. The zero-order chi connectivity index (χ0) is 41.0. The van der Waals surface area contributed by atoms with E-state index in [1.54, 1.807) is 0 Å². The normalized spacial score (nSPS) is 15.7. The van der Waals surface area contributed by atoms with Crippen LogP contribution in [0.3, 0.4) is 0 Å². The van der Waals surface area contributed by atoms with E-state index in [9.17, 15) is 0 Å². The Balaban J connectivity index is 0.867. The molecule has 2 aliphatic rings. The highest BCUT2D eigenvalue weighted by atomic mass is 16.5. The monoisotopic (exact) mass is 808 g/mol. The van der Waals surface area contributed by atoms with Gasteiger partial charge < -0.3 is 28.4 Å². The van der Waals surface area contributed by atoms with Crippen molar-refractivity contribution in [2.45, 2.75) is 78.4 Å². The van der Waals surface area contributed by atoms with E-state index in [0.29, 0.717) is 13.2 Å². The first-order valence-electron chi connectivity index (χ1n) is 22.6. The fourth-order valence-electron chi connectivity index (χ4n) is 8.75. The lowest BCUT2D eigenvalue weighted by atomic mass is 9.84. The van der Waals surface area contributed by atoms with Gasteiger partial charge >= 0.3 is 0 Å². The van der Waals surface area contributed by atoms with Crippen molar-refractivity contribution >= 4 is 32.3 Å². The molecule has 316 valence electrons. The van der Waals surface area contributed by atoms with Crippen LogP contribution in [-0.4, -0.2) is 66.1 Å². The SMILES string of the molecule is CCC1(COCCCCCOCc2ccc(-c3c4ccccc4c(-c4ccc5cc(COCCCCCOCC6(CC)COC6)ccc5c4)c4ccccc34)cc2)COC1. The molecule has 0 saturated carbocycles. The molecule has 2 saturated heterocycles. The maximum atomic E-state index is 6.10. The molecule has 0 spiro atoms. The molecule has 2 aliphatic heterocycles. The summed E-state index contributed by atoms with van der Waals surface area (Å²) in [6.07, 6.45) is 8.75. The lowest BCUT2D eigenvalue weighted by Crippen LogP contribution is -2.45. The molecule has 0 aromatic heterocycles. The fraction of sp³-hybridized carbons (Fsp3) is 0.444. The van der Waals surface area contributed by atoms with Gasteiger partial charge in [-0.05, 0) is 129 Å². The summed E-state index contributed by atoms with van der Waals surface area (Å²) in [5, 5.41) is 7.52. The van der Waals surface area contributed by atoms with E-state index in [1.165, 1.54) is 65.7 Å². The van der Waals surface area contributed by atoms with Crippen LogP contribution in [0.15, 0.2) is 109 Å². The fourth-order valence-corrected chi connectivity index (χ4v) is 8.75. The van der Waals surface area contributed by atoms with Gasteiger partial charge in [0.25, 0.3) is 0 Å². The first-order chi connectivity index (χ1) is 29.6. The summed E-state index contributed by atoms with van der Waals surface area (Å²) in [7, 11) is 0. The van der Waals surface area contributed by atoms with Gasteiger partial charge in [-0.3, -0.25) is 0 Å². The third kappa shape index (κ3) is 10.1. The van der Waals surface area contributed by atoms with Crippen molar-refractivity contribution in [2.75, 3.05) is 66.1 Å². The number of hydrogen-bond acceptors (Lipinski definition) is 6. The molecule has 0 amide bonds. The molecule has 0 aliphatic carbocycles. The minimum atomic E-state index is 0.268. The lowest BCUT2D eigenvalue weighted by molar-refractivity contribution is -0.150. The quantitative estimate of drug-likeness (QED) is 0.0448. The first kappa shape index (κ1) is 42.5. The molecule has 8 rings (SSSR count). The van der Waals surface area contributed by atoms with Gasteiger partial charge in [-0.2, -0.15) is 0 Å². The Kier molecular flexibility index (Phi) is 14.6. The summed E-state index contributed by atoms with van der Waals surface area (Å²) in [6.45, 7) is 13.9. The minimum absolute atomic E-state index is 0.268. The molecule has 2 fully saturated rings. The molecular weight excluding hydrogens is 745 g/mol. The topological polar surface area (TPSA) is 55.4 Å². The zero-order valence-corrected chi connectivity index (χ0v) is 36.0. The van der Waals surface area contributed by atoms with E-state index in [-0.39, 0.29) is 10.8 Å². The summed E-state index contributed by atoms with van der Waals surface area (Å²) in [6, 6.07) is 40.4. The van der Waals surface area contributed by atoms with E-state index in [1.807, 2.05) is 0 Å². The lowest BCUT2D eigenvalue weighted by Gasteiger charge is -2.40. The Morgan fingerprint density at radius 3 is 1.33 bits per heavy atom. The molecule has 2 heterocycles. The molecule has 0 N–H and O–H groups in total. The highest BCUT2D eigenvalue weighted by Gasteiger charge is 2.37. The maximum Gasteiger partial charge on any atom is 0.0717 e. The highest BCUT2D eigenvalue weighted by molar-refractivity contribution is 6.21. The smallest absolute Gasteiger partial charge is 0.0717 e. The van der Waals surface area contributed by atoms with Crippen LogP contribution in [0.4, 0.5) is 0 Å². The number of ether oxygens (including phenoxy) is 6. The second-order valence-corrected chi connectivity index (χ2v) is 17.5. The van der Waals surface area contributed by atoms with Crippen molar-refractivity contribution in [3.05, 3.63) is 120 Å². The van der Waals surface area contributed by atoms with Crippen LogP contribution >= 0.6 is 0 Å². The largest absolute Gasteiger partial charge is 0.381 e. The molecule has 0 unspecified atom stereocenters. The minimum Gasteiger partial charge on any atom is -0.381 e. The standard InChI is InChI=1S/C54H64O6/c1-3-53(37-59-38-53)35-57-29-13-5-11-27-55-33-41-19-22-43(23-20-41)51-47-15-7-9-17-49(47)52(50-18-10-8-16-48(50)51)46-26-25-44-31-42(21-24-45(44)32-46)34-56-28-12-6-14-30-58-36-54(4-2)39-60-40-54/h7-10,15-26,31-32H,3-6,11-14,27-30,33-40H2,1-2H3. The first-order valence-corrected chi connectivity index (χ1v) is 22.6. The van der Waals surface area contributed by atoms with Crippen LogP contribution in [-0.2, 0) is 41.6 Å². The molecule has 6 heteroatoms. The van der Waals surface area contributed by atoms with Gasteiger partial charge in [-0.25, -0.2) is 0 Å². The molecule has 6 aromatic carbocycles. The molecule has 6 nitrogen and oxygen atoms in total. The summed E-state index contributed by atoms with van der Waals surface area (Å²) in [5.74, 6) is 0. The van der Waals surface area contributed by atoms with Crippen molar-refractivity contribution < 1.29 is 28.4 Å². The van der Waals surface area contributed by atoms with Crippen molar-refractivity contribution in [2.24, 2.45) is 10.8 Å². The molecule has 0 atom stereocenters. The summed E-state index contributed by atoms with van der Waals surface area (Å²) in [5.41, 5.74) is 7.95. The highest BCUT2D eigenvalue weighted by Crippen LogP contribution is 2.44. The second-order valence-electron chi connectivity index (χ2n) is 17.5. The van der Waals surface area contributed by atoms with Crippen LogP contribution in [0, 0.1) is 10.8 Å². The molecule has 0 bridgehead atoms. The third-order valence-electron chi connectivity index (χ3n) is 13.0. The number of fused-ring (bicyclic) bond motifs is 3. The van der Waals surface area contributed by atoms with Crippen LogP contribution in [0.25, 0.3) is 54.6 Å². The Bertz CT molecular complexity index is 2220. The molecule has 60 heavy (non-hydrogen) atoms. The summed E-state index contributed by atoms with van der Waals surface area (Å²) >= 11 is 0. The Labute approximate surface area is 357 Å². The van der Waals surface area contributed by atoms with Gasteiger partial charge in [-0.1, -0.05) is 111 Å². The van der Waals surface area contributed by atoms with Gasteiger partial charge in [0, 0.05) is 37.3 Å². The van der Waals surface area contributed by atoms with Gasteiger partial charge in [0.2, 0.25) is 0 Å². The van der Waals surface area contributed by atoms with E-state index in [2.05, 4.69) is 123 Å². The third-order valence-corrected chi connectivity index (χ3v) is 13.0. The van der Waals surface area contributed by atoms with Gasteiger partial charge in [0.05, 0.1) is 52.9 Å². The predicted octanol–water partition coefficient (Wildman–Crippen LogP) is 12.7. The summed E-state index contributed by atoms with van der Waals surface area (Å²) in [4.78, 5) is 0. The Hall–Kier alpha value is -4.14. The number of benzene rings is 6. The van der Waals surface area contributed by atoms with Crippen molar-refractivity contribution in [1.29, 1.82) is 0 Å². The number of rotatable bonds is 24. The van der Waals surface area contributed by atoms with Crippen LogP contribution < -0.4 is 0 Å². The average molecular weight is 809 g/mol. The number of hydrogen-bond donors (Lipinski definition) is 0. The maximum absolute atomic E-state index is 6.10. The molecule has 6 aromatic rings. The van der Waals surface area contributed by atoms with Crippen molar-refractivity contribution in [3.8, 4) is 22.3 Å². The van der Waals surface area contributed by atoms with E-state index in [0.717, 1.165) is 117 Å². The molecule has 0 radical (unpaired) electrons. The van der Waals surface area contributed by atoms with Crippen molar-refractivity contribution in [3.63, 3.8) is 0 Å². The average Bonchev–Trinajstić information content (AvgIpc) is 3.26. The zero-order valence-electron chi connectivity index (χ0n) is 36.0.